The van der Waals surface area contributed by atoms with Crippen molar-refractivity contribution in [3.8, 4) is 0 Å². The lowest BCUT2D eigenvalue weighted by atomic mass is 9.92. The van der Waals surface area contributed by atoms with E-state index in [-0.39, 0.29) is 6.61 Å². The number of aliphatic hydroxyl groups excluding tert-OH is 1. The third-order valence-electron chi connectivity index (χ3n) is 2.84. The molecule has 3 heteroatoms. The van der Waals surface area contributed by atoms with Crippen LogP contribution in [0.3, 0.4) is 0 Å². The minimum Gasteiger partial charge on any atom is -0.394 e. The minimum absolute atomic E-state index is 0.0582. The van der Waals surface area contributed by atoms with E-state index in [1.165, 1.54) is 0 Å². The second-order valence-corrected chi connectivity index (χ2v) is 4.25. The summed E-state index contributed by atoms with van der Waals surface area (Å²) >= 11 is 0. The lowest BCUT2D eigenvalue weighted by molar-refractivity contribution is 0.211. The van der Waals surface area contributed by atoms with Crippen molar-refractivity contribution in [1.82, 2.24) is 4.57 Å². The average Bonchev–Trinajstić information content (AvgIpc) is 2.60. The summed E-state index contributed by atoms with van der Waals surface area (Å²) in [4.78, 5) is 0. The Hall–Kier alpha value is -1.32. The van der Waals surface area contributed by atoms with Crippen molar-refractivity contribution in [2.75, 3.05) is 6.61 Å². The van der Waals surface area contributed by atoms with E-state index in [9.17, 15) is 5.11 Å². The molecule has 0 aliphatic heterocycles. The molecule has 0 amide bonds. The molecule has 1 unspecified atom stereocenters. The van der Waals surface area contributed by atoms with Crippen molar-refractivity contribution in [2.45, 2.75) is 12.5 Å². The number of nitrogens with zero attached hydrogens (tertiary/aromatic N) is 1. The van der Waals surface area contributed by atoms with Crippen molar-refractivity contribution in [2.24, 2.45) is 12.8 Å². The molecule has 0 spiro atoms. The number of hydrogen-bond acceptors (Lipinski definition) is 2. The number of benzene rings is 1. The largest absolute Gasteiger partial charge is 0.394 e. The molecule has 1 atom stereocenters. The zero-order chi connectivity index (χ0) is 11.1. The number of aryl methyl sites for hydroxylation is 1. The molecule has 15 heavy (non-hydrogen) atoms. The SMILES string of the molecule is Cn1ccc2cccc(C(C)(N)CO)c21. The van der Waals surface area contributed by atoms with Gasteiger partial charge in [-0.2, -0.15) is 0 Å². The van der Waals surface area contributed by atoms with Crippen LogP contribution in [-0.4, -0.2) is 16.3 Å². The summed E-state index contributed by atoms with van der Waals surface area (Å²) in [5, 5.41) is 10.5. The Morgan fingerprint density at radius 2 is 2.13 bits per heavy atom. The van der Waals surface area contributed by atoms with Crippen LogP contribution in [0.25, 0.3) is 10.9 Å². The number of aliphatic hydroxyl groups is 1. The van der Waals surface area contributed by atoms with Gasteiger partial charge in [0.25, 0.3) is 0 Å². The van der Waals surface area contributed by atoms with Crippen LogP contribution in [0, 0.1) is 0 Å². The molecule has 0 radical (unpaired) electrons. The lowest BCUT2D eigenvalue weighted by Gasteiger charge is -2.23. The van der Waals surface area contributed by atoms with Crippen molar-refractivity contribution < 1.29 is 5.11 Å². The standard InChI is InChI=1S/C12H16N2O/c1-12(13,8-15)10-5-3-4-9-6-7-14(2)11(9)10/h3-7,15H,8,13H2,1-2H3. The highest BCUT2D eigenvalue weighted by Gasteiger charge is 2.23. The van der Waals surface area contributed by atoms with Gasteiger partial charge in [0.1, 0.15) is 0 Å². The number of nitrogens with two attached hydrogens (primary N) is 1. The summed E-state index contributed by atoms with van der Waals surface area (Å²) in [6.07, 6.45) is 2.00. The second kappa shape index (κ2) is 3.36. The lowest BCUT2D eigenvalue weighted by Crippen LogP contribution is -2.37. The molecule has 80 valence electrons. The molecule has 1 aromatic heterocycles. The van der Waals surface area contributed by atoms with Crippen LogP contribution >= 0.6 is 0 Å². The van der Waals surface area contributed by atoms with Gasteiger partial charge in [-0.05, 0) is 23.9 Å². The van der Waals surface area contributed by atoms with Gasteiger partial charge in [0, 0.05) is 13.2 Å². The van der Waals surface area contributed by atoms with E-state index < -0.39 is 5.54 Å². The number of rotatable bonds is 2. The van der Waals surface area contributed by atoms with Gasteiger partial charge >= 0.3 is 0 Å². The predicted molar refractivity (Wildman–Crippen MR) is 61.5 cm³/mol. The van der Waals surface area contributed by atoms with E-state index in [1.807, 2.05) is 49.0 Å². The Balaban J connectivity index is 2.75. The Morgan fingerprint density at radius 3 is 2.80 bits per heavy atom. The fourth-order valence-corrected chi connectivity index (χ4v) is 1.90. The van der Waals surface area contributed by atoms with Gasteiger partial charge in [-0.3, -0.25) is 0 Å². The van der Waals surface area contributed by atoms with Crippen LogP contribution in [0.1, 0.15) is 12.5 Å². The van der Waals surface area contributed by atoms with E-state index in [0.29, 0.717) is 0 Å². The number of aromatic nitrogens is 1. The topological polar surface area (TPSA) is 51.2 Å². The van der Waals surface area contributed by atoms with Crippen LogP contribution in [0.15, 0.2) is 30.5 Å². The fourth-order valence-electron chi connectivity index (χ4n) is 1.90. The molecule has 0 aliphatic rings. The van der Waals surface area contributed by atoms with Gasteiger partial charge < -0.3 is 15.4 Å². The molecule has 1 heterocycles. The molecule has 3 nitrogen and oxygen atoms in total. The monoisotopic (exact) mass is 204 g/mol. The van der Waals surface area contributed by atoms with Crippen LogP contribution in [0.4, 0.5) is 0 Å². The number of para-hydroxylation sites is 1. The van der Waals surface area contributed by atoms with Crippen molar-refractivity contribution in [1.29, 1.82) is 0 Å². The van der Waals surface area contributed by atoms with Gasteiger partial charge in [0.05, 0.1) is 17.7 Å². The van der Waals surface area contributed by atoms with Crippen LogP contribution in [-0.2, 0) is 12.6 Å². The highest BCUT2D eigenvalue weighted by atomic mass is 16.3. The van der Waals surface area contributed by atoms with Crippen molar-refractivity contribution >= 4 is 10.9 Å². The molecule has 3 N–H and O–H groups in total. The Morgan fingerprint density at radius 1 is 1.40 bits per heavy atom. The van der Waals surface area contributed by atoms with E-state index in [2.05, 4.69) is 0 Å². The van der Waals surface area contributed by atoms with Crippen LogP contribution in [0.2, 0.25) is 0 Å². The summed E-state index contributed by atoms with van der Waals surface area (Å²) in [6, 6.07) is 8.04. The highest BCUT2D eigenvalue weighted by molar-refractivity contribution is 5.84. The first-order valence-electron chi connectivity index (χ1n) is 5.00. The first kappa shape index (κ1) is 10.2. The Kier molecular flexibility index (Phi) is 2.29. The maximum absolute atomic E-state index is 9.30. The Bertz CT molecular complexity index is 485. The van der Waals surface area contributed by atoms with Gasteiger partial charge in [-0.1, -0.05) is 18.2 Å². The van der Waals surface area contributed by atoms with Crippen LogP contribution < -0.4 is 5.73 Å². The van der Waals surface area contributed by atoms with Crippen molar-refractivity contribution in [3.63, 3.8) is 0 Å². The molecule has 0 saturated heterocycles. The zero-order valence-corrected chi connectivity index (χ0v) is 9.07. The van der Waals surface area contributed by atoms with Crippen LogP contribution in [0.5, 0.6) is 0 Å². The fraction of sp³-hybridized carbons (Fsp3) is 0.333. The second-order valence-electron chi connectivity index (χ2n) is 4.25. The minimum atomic E-state index is -0.689. The summed E-state index contributed by atoms with van der Waals surface area (Å²) in [6.45, 7) is 1.78. The molecule has 0 aliphatic carbocycles. The van der Waals surface area contributed by atoms with Gasteiger partial charge in [-0.25, -0.2) is 0 Å². The van der Waals surface area contributed by atoms with Crippen molar-refractivity contribution in [3.05, 3.63) is 36.0 Å². The highest BCUT2D eigenvalue weighted by Crippen LogP contribution is 2.26. The molecule has 0 saturated carbocycles. The molecule has 0 bridgehead atoms. The first-order valence-corrected chi connectivity index (χ1v) is 5.00. The van der Waals surface area contributed by atoms with E-state index in [4.69, 9.17) is 5.73 Å². The average molecular weight is 204 g/mol. The summed E-state index contributed by atoms with van der Waals surface area (Å²) in [5.74, 6) is 0. The van der Waals surface area contributed by atoms with E-state index in [0.717, 1.165) is 16.5 Å². The molecule has 2 rings (SSSR count). The predicted octanol–water partition coefficient (Wildman–Crippen LogP) is 1.34. The third kappa shape index (κ3) is 1.54. The summed E-state index contributed by atoms with van der Waals surface area (Å²) < 4.78 is 2.03. The van der Waals surface area contributed by atoms with Gasteiger partial charge in [-0.15, -0.1) is 0 Å². The summed E-state index contributed by atoms with van der Waals surface area (Å²) in [7, 11) is 1.99. The zero-order valence-electron chi connectivity index (χ0n) is 9.07. The smallest absolute Gasteiger partial charge is 0.0651 e. The normalized spacial score (nSPS) is 15.5. The quantitative estimate of drug-likeness (QED) is 0.775. The molecule has 0 fully saturated rings. The maximum atomic E-state index is 9.30. The third-order valence-corrected chi connectivity index (χ3v) is 2.84. The van der Waals surface area contributed by atoms with Gasteiger partial charge in [0.2, 0.25) is 0 Å². The molecular weight excluding hydrogens is 188 g/mol. The summed E-state index contributed by atoms with van der Waals surface area (Å²) in [5.41, 5.74) is 7.45. The maximum Gasteiger partial charge on any atom is 0.0651 e. The number of fused-ring (bicyclic) bond motifs is 1. The molecule has 1 aromatic carbocycles. The molecule has 2 aromatic rings. The number of hydrogen-bond donors (Lipinski definition) is 2. The van der Waals surface area contributed by atoms with E-state index in [1.54, 1.807) is 0 Å². The van der Waals surface area contributed by atoms with Gasteiger partial charge in [0.15, 0.2) is 0 Å². The molecular formula is C12H16N2O. The first-order chi connectivity index (χ1) is 7.06. The van der Waals surface area contributed by atoms with E-state index >= 15 is 0 Å². The Labute approximate surface area is 89.1 Å².